The van der Waals surface area contributed by atoms with Crippen LogP contribution in [0.4, 0.5) is 13.2 Å². The summed E-state index contributed by atoms with van der Waals surface area (Å²) >= 11 is 0. The summed E-state index contributed by atoms with van der Waals surface area (Å²) in [5, 5.41) is 0. The third-order valence-corrected chi connectivity index (χ3v) is 5.52. The van der Waals surface area contributed by atoms with Crippen LogP contribution in [-0.2, 0) is 12.6 Å². The van der Waals surface area contributed by atoms with E-state index in [2.05, 4.69) is 19.9 Å². The molecule has 0 spiro atoms. The standard InChI is InChI=1S/C21H23F3N4O2/c22-21(23,24)14-9-5-10-15(12-14)30-20-27-18-17(19(29)28-20)25-16(26-18)11-4-8-13-6-2-1-3-7-13/h5,9-10,12-13H,1-4,6-8,11H2,(H2,25,26,27,28,29). The fraction of sp³-hybridized carbons (Fsp3) is 0.476. The molecule has 0 amide bonds. The van der Waals surface area contributed by atoms with Crippen molar-refractivity contribution in [3.63, 3.8) is 0 Å². The van der Waals surface area contributed by atoms with E-state index in [4.69, 9.17) is 4.74 Å². The SMILES string of the molecule is O=c1[nH]c(Oc2cccc(C(F)(F)F)c2)nc2nc(CCCC3CCCCC3)[nH]c12. The van der Waals surface area contributed by atoms with Crippen LogP contribution in [-0.4, -0.2) is 19.9 Å². The number of ether oxygens (including phenoxy) is 1. The summed E-state index contributed by atoms with van der Waals surface area (Å²) in [5.41, 5.74) is -0.899. The fourth-order valence-corrected chi connectivity index (χ4v) is 3.98. The second-order valence-corrected chi connectivity index (χ2v) is 7.78. The highest BCUT2D eigenvalue weighted by molar-refractivity contribution is 5.69. The van der Waals surface area contributed by atoms with E-state index in [1.165, 1.54) is 44.2 Å². The van der Waals surface area contributed by atoms with Gasteiger partial charge in [0, 0.05) is 6.42 Å². The minimum atomic E-state index is -4.49. The molecule has 3 aromatic rings. The molecule has 0 radical (unpaired) electrons. The van der Waals surface area contributed by atoms with Gasteiger partial charge in [-0.15, -0.1) is 0 Å². The summed E-state index contributed by atoms with van der Waals surface area (Å²) in [5.74, 6) is 1.38. The van der Waals surface area contributed by atoms with E-state index in [0.29, 0.717) is 5.82 Å². The van der Waals surface area contributed by atoms with Crippen LogP contribution in [0.5, 0.6) is 11.8 Å². The van der Waals surface area contributed by atoms with Crippen LogP contribution in [0.25, 0.3) is 11.2 Å². The molecule has 0 unspecified atom stereocenters. The topological polar surface area (TPSA) is 83.7 Å². The molecule has 9 heteroatoms. The number of nitrogens with one attached hydrogen (secondary N) is 2. The first kappa shape index (κ1) is 20.4. The van der Waals surface area contributed by atoms with Crippen LogP contribution in [0.3, 0.4) is 0 Å². The molecule has 2 N–H and O–H groups in total. The molecule has 1 aromatic carbocycles. The molecular weight excluding hydrogens is 397 g/mol. The van der Waals surface area contributed by atoms with Gasteiger partial charge >= 0.3 is 12.2 Å². The van der Waals surface area contributed by atoms with E-state index < -0.39 is 17.3 Å². The minimum absolute atomic E-state index is 0.0735. The number of fused-ring (bicyclic) bond motifs is 1. The molecule has 30 heavy (non-hydrogen) atoms. The number of hydrogen-bond acceptors (Lipinski definition) is 4. The molecule has 0 aliphatic heterocycles. The van der Waals surface area contributed by atoms with Gasteiger partial charge in [0.25, 0.3) is 5.56 Å². The summed E-state index contributed by atoms with van der Waals surface area (Å²) in [6, 6.07) is 4.19. The number of hydrogen-bond donors (Lipinski definition) is 2. The van der Waals surface area contributed by atoms with Crippen molar-refractivity contribution in [1.82, 2.24) is 19.9 Å². The molecule has 1 aliphatic carbocycles. The first-order valence-corrected chi connectivity index (χ1v) is 10.2. The number of halogens is 3. The van der Waals surface area contributed by atoms with Gasteiger partial charge in [-0.1, -0.05) is 44.6 Å². The van der Waals surface area contributed by atoms with Gasteiger partial charge in [0.05, 0.1) is 5.56 Å². The Morgan fingerprint density at radius 3 is 2.67 bits per heavy atom. The van der Waals surface area contributed by atoms with Crippen LogP contribution in [0.15, 0.2) is 29.1 Å². The summed E-state index contributed by atoms with van der Waals surface area (Å²) in [7, 11) is 0. The van der Waals surface area contributed by atoms with E-state index in [-0.39, 0.29) is 22.9 Å². The lowest BCUT2D eigenvalue weighted by Gasteiger charge is -2.20. The van der Waals surface area contributed by atoms with E-state index in [0.717, 1.165) is 37.3 Å². The fourth-order valence-electron chi connectivity index (χ4n) is 3.98. The van der Waals surface area contributed by atoms with Crippen molar-refractivity contribution in [1.29, 1.82) is 0 Å². The maximum absolute atomic E-state index is 12.9. The lowest BCUT2D eigenvalue weighted by molar-refractivity contribution is -0.137. The second-order valence-electron chi connectivity index (χ2n) is 7.78. The predicted molar refractivity (Wildman–Crippen MR) is 106 cm³/mol. The smallest absolute Gasteiger partial charge is 0.416 e. The van der Waals surface area contributed by atoms with Gasteiger partial charge in [0.15, 0.2) is 11.2 Å². The normalized spacial score (nSPS) is 15.6. The highest BCUT2D eigenvalue weighted by Crippen LogP contribution is 2.32. The third-order valence-electron chi connectivity index (χ3n) is 5.52. The van der Waals surface area contributed by atoms with Crippen molar-refractivity contribution in [2.24, 2.45) is 5.92 Å². The molecule has 160 valence electrons. The lowest BCUT2D eigenvalue weighted by Crippen LogP contribution is -2.10. The van der Waals surface area contributed by atoms with E-state index in [1.54, 1.807) is 0 Å². The van der Waals surface area contributed by atoms with Gasteiger partial charge in [-0.05, 0) is 30.5 Å². The van der Waals surface area contributed by atoms with Gasteiger partial charge < -0.3 is 9.72 Å². The zero-order valence-corrected chi connectivity index (χ0v) is 16.4. The Morgan fingerprint density at radius 1 is 1.10 bits per heavy atom. The highest BCUT2D eigenvalue weighted by Gasteiger charge is 2.30. The van der Waals surface area contributed by atoms with Crippen LogP contribution < -0.4 is 10.3 Å². The first-order valence-electron chi connectivity index (χ1n) is 10.2. The summed E-state index contributed by atoms with van der Waals surface area (Å²) < 4.78 is 43.9. The Hall–Kier alpha value is -2.84. The number of aromatic nitrogens is 4. The molecule has 1 saturated carbocycles. The molecule has 2 heterocycles. The molecular formula is C21H23F3N4O2. The highest BCUT2D eigenvalue weighted by atomic mass is 19.4. The number of benzene rings is 1. The Balaban J connectivity index is 1.46. The summed E-state index contributed by atoms with van der Waals surface area (Å²) in [4.78, 5) is 26.3. The molecule has 1 fully saturated rings. The van der Waals surface area contributed by atoms with Crippen molar-refractivity contribution in [3.8, 4) is 11.8 Å². The van der Waals surface area contributed by atoms with Crippen molar-refractivity contribution >= 4 is 11.2 Å². The quantitative estimate of drug-likeness (QED) is 0.562. The molecule has 0 saturated heterocycles. The Labute approximate surface area is 170 Å². The second kappa shape index (κ2) is 8.49. The number of H-pyrrole nitrogens is 2. The number of nitrogens with zero attached hydrogens (tertiary/aromatic N) is 2. The van der Waals surface area contributed by atoms with Gasteiger partial charge in [-0.2, -0.15) is 18.2 Å². The van der Waals surface area contributed by atoms with Crippen molar-refractivity contribution in [2.75, 3.05) is 0 Å². The zero-order chi connectivity index (χ0) is 21.1. The minimum Gasteiger partial charge on any atom is -0.426 e. The number of imidazole rings is 1. The van der Waals surface area contributed by atoms with Crippen molar-refractivity contribution < 1.29 is 17.9 Å². The first-order chi connectivity index (χ1) is 14.4. The number of rotatable bonds is 6. The molecule has 1 aliphatic rings. The average molecular weight is 420 g/mol. The van der Waals surface area contributed by atoms with Crippen LogP contribution in [0.2, 0.25) is 0 Å². The summed E-state index contributed by atoms with van der Waals surface area (Å²) in [6.07, 6.45) is 4.89. The predicted octanol–water partition coefficient (Wildman–Crippen LogP) is 5.36. The van der Waals surface area contributed by atoms with Crippen LogP contribution in [0, 0.1) is 5.92 Å². The molecule has 6 nitrogen and oxygen atoms in total. The van der Waals surface area contributed by atoms with Gasteiger partial charge in [0.2, 0.25) is 0 Å². The molecule has 4 rings (SSSR count). The molecule has 2 aromatic heterocycles. The van der Waals surface area contributed by atoms with Crippen LogP contribution in [0.1, 0.15) is 56.3 Å². The van der Waals surface area contributed by atoms with E-state index >= 15 is 0 Å². The zero-order valence-electron chi connectivity index (χ0n) is 16.4. The third kappa shape index (κ3) is 4.83. The monoisotopic (exact) mass is 420 g/mol. The van der Waals surface area contributed by atoms with E-state index in [1.807, 2.05) is 0 Å². The average Bonchev–Trinajstić information content (AvgIpc) is 3.12. The van der Waals surface area contributed by atoms with Crippen molar-refractivity contribution in [2.45, 2.75) is 57.5 Å². The van der Waals surface area contributed by atoms with Crippen LogP contribution >= 0.6 is 0 Å². The number of aryl methyl sites for hydroxylation is 1. The maximum Gasteiger partial charge on any atom is 0.416 e. The van der Waals surface area contributed by atoms with Gasteiger partial charge in [0.1, 0.15) is 11.6 Å². The van der Waals surface area contributed by atoms with Crippen molar-refractivity contribution in [3.05, 3.63) is 46.0 Å². The Morgan fingerprint density at radius 2 is 1.90 bits per heavy atom. The summed E-state index contributed by atoms with van der Waals surface area (Å²) in [6.45, 7) is 0. The maximum atomic E-state index is 12.9. The lowest BCUT2D eigenvalue weighted by atomic mass is 9.86. The largest absolute Gasteiger partial charge is 0.426 e. The Bertz CT molecular complexity index is 1070. The Kier molecular flexibility index (Phi) is 5.78. The van der Waals surface area contributed by atoms with Gasteiger partial charge in [-0.3, -0.25) is 9.78 Å². The van der Waals surface area contributed by atoms with Gasteiger partial charge in [-0.25, -0.2) is 4.98 Å². The van der Waals surface area contributed by atoms with E-state index in [9.17, 15) is 18.0 Å². The number of alkyl halides is 3. The molecule has 0 bridgehead atoms. The molecule has 0 atom stereocenters. The number of aromatic amines is 2.